The number of carbonyl (C=O) groups is 1. The Hall–Kier alpha value is -3.62. The number of nitrogens with zero attached hydrogens (tertiary/aromatic N) is 1. The molecule has 1 amide bonds. The summed E-state index contributed by atoms with van der Waals surface area (Å²) < 4.78 is 44.1. The standard InChI is InChI=1S/C21H16F3N3O3/c1-10-3-5-12-15(7-10)30-16-8-11(2)4-6-13(16)17(12)26-18(28)14-9-25-20(21(22,23)24)27-19(14)29/h3-9,17H,1-2H3,(H,26,28)(H,25,27,29). The van der Waals surface area contributed by atoms with Gasteiger partial charge in [0.1, 0.15) is 17.1 Å². The number of carbonyl (C=O) groups excluding carboxylic acids is 1. The minimum absolute atomic E-state index is 0.517. The van der Waals surface area contributed by atoms with Crippen molar-refractivity contribution in [3.63, 3.8) is 0 Å². The van der Waals surface area contributed by atoms with Crippen molar-refractivity contribution in [3.8, 4) is 11.5 Å². The third kappa shape index (κ3) is 3.54. The number of hydrogen-bond acceptors (Lipinski definition) is 4. The number of H-pyrrole nitrogens is 1. The van der Waals surface area contributed by atoms with Gasteiger partial charge < -0.3 is 15.0 Å². The fourth-order valence-corrected chi connectivity index (χ4v) is 3.29. The summed E-state index contributed by atoms with van der Waals surface area (Å²) in [5.41, 5.74) is 1.56. The summed E-state index contributed by atoms with van der Waals surface area (Å²) in [5, 5.41) is 2.73. The van der Waals surface area contributed by atoms with Crippen LogP contribution in [0.15, 0.2) is 47.4 Å². The summed E-state index contributed by atoms with van der Waals surface area (Å²) in [6.07, 6.45) is -4.19. The van der Waals surface area contributed by atoms with Gasteiger partial charge in [0.2, 0.25) is 5.82 Å². The van der Waals surface area contributed by atoms with E-state index >= 15 is 0 Å². The average Bonchev–Trinajstić information content (AvgIpc) is 2.66. The first-order chi connectivity index (χ1) is 14.1. The van der Waals surface area contributed by atoms with Gasteiger partial charge >= 0.3 is 6.18 Å². The largest absolute Gasteiger partial charge is 0.457 e. The molecule has 0 atom stereocenters. The first-order valence-corrected chi connectivity index (χ1v) is 9.00. The molecule has 2 N–H and O–H groups in total. The minimum Gasteiger partial charge on any atom is -0.457 e. The van der Waals surface area contributed by atoms with E-state index in [4.69, 9.17) is 4.74 Å². The van der Waals surface area contributed by atoms with Crippen LogP contribution in [0.5, 0.6) is 11.5 Å². The lowest BCUT2D eigenvalue weighted by Crippen LogP contribution is -2.35. The number of amides is 1. The Morgan fingerprint density at radius 2 is 1.63 bits per heavy atom. The molecule has 1 aromatic heterocycles. The summed E-state index contributed by atoms with van der Waals surface area (Å²) in [4.78, 5) is 29.6. The number of hydrogen-bond donors (Lipinski definition) is 2. The third-order valence-electron chi connectivity index (χ3n) is 4.77. The van der Waals surface area contributed by atoms with Crippen molar-refractivity contribution in [1.29, 1.82) is 0 Å². The van der Waals surface area contributed by atoms with Gasteiger partial charge in [0.25, 0.3) is 11.5 Å². The van der Waals surface area contributed by atoms with Gasteiger partial charge in [0, 0.05) is 17.3 Å². The molecule has 0 saturated carbocycles. The number of halogens is 3. The van der Waals surface area contributed by atoms with Crippen LogP contribution in [-0.4, -0.2) is 15.9 Å². The lowest BCUT2D eigenvalue weighted by atomic mass is 9.92. The average molecular weight is 415 g/mol. The predicted molar refractivity (Wildman–Crippen MR) is 102 cm³/mol. The van der Waals surface area contributed by atoms with Crippen LogP contribution in [-0.2, 0) is 6.18 Å². The maximum absolute atomic E-state index is 12.8. The van der Waals surface area contributed by atoms with E-state index in [0.717, 1.165) is 11.1 Å². The van der Waals surface area contributed by atoms with Gasteiger partial charge in [0.15, 0.2) is 0 Å². The highest BCUT2D eigenvalue weighted by molar-refractivity contribution is 5.94. The Labute approximate surface area is 168 Å². The van der Waals surface area contributed by atoms with Crippen molar-refractivity contribution in [3.05, 3.63) is 86.6 Å². The second-order valence-corrected chi connectivity index (χ2v) is 7.06. The Morgan fingerprint density at radius 1 is 1.07 bits per heavy atom. The van der Waals surface area contributed by atoms with Crippen molar-refractivity contribution in [1.82, 2.24) is 15.3 Å². The van der Waals surface area contributed by atoms with E-state index in [1.165, 1.54) is 0 Å². The second kappa shape index (κ2) is 7.01. The summed E-state index contributed by atoms with van der Waals surface area (Å²) in [6.45, 7) is 3.80. The monoisotopic (exact) mass is 415 g/mol. The number of alkyl halides is 3. The van der Waals surface area contributed by atoms with Crippen LogP contribution in [0.4, 0.5) is 13.2 Å². The number of nitrogens with one attached hydrogen (secondary N) is 2. The van der Waals surface area contributed by atoms with Gasteiger partial charge in [0.05, 0.1) is 6.04 Å². The number of aromatic nitrogens is 2. The van der Waals surface area contributed by atoms with E-state index in [2.05, 4.69) is 10.3 Å². The molecule has 154 valence electrons. The molecule has 30 heavy (non-hydrogen) atoms. The van der Waals surface area contributed by atoms with Gasteiger partial charge in [-0.25, -0.2) is 4.98 Å². The molecule has 2 heterocycles. The molecule has 1 aliphatic heterocycles. The van der Waals surface area contributed by atoms with Crippen molar-refractivity contribution in [2.45, 2.75) is 26.1 Å². The number of rotatable bonds is 2. The van der Waals surface area contributed by atoms with Gasteiger partial charge in [-0.05, 0) is 37.1 Å². The first-order valence-electron chi connectivity index (χ1n) is 9.00. The number of fused-ring (bicyclic) bond motifs is 2. The van der Waals surface area contributed by atoms with Crippen molar-refractivity contribution < 1.29 is 22.7 Å². The molecule has 4 rings (SSSR count). The Bertz CT molecular complexity index is 1170. The minimum atomic E-state index is -4.82. The molecule has 6 nitrogen and oxygen atoms in total. The lowest BCUT2D eigenvalue weighted by Gasteiger charge is -2.29. The molecule has 9 heteroatoms. The zero-order valence-electron chi connectivity index (χ0n) is 15.9. The molecule has 0 fully saturated rings. The summed E-state index contributed by atoms with van der Waals surface area (Å²) >= 11 is 0. The fourth-order valence-electron chi connectivity index (χ4n) is 3.29. The van der Waals surface area contributed by atoms with Crippen LogP contribution < -0.4 is 15.6 Å². The molecule has 0 aliphatic carbocycles. The zero-order chi connectivity index (χ0) is 21.6. The summed E-state index contributed by atoms with van der Waals surface area (Å²) in [5.74, 6) is -1.20. The second-order valence-electron chi connectivity index (χ2n) is 7.06. The molecule has 2 aromatic carbocycles. The SMILES string of the molecule is Cc1ccc2c(c1)Oc1cc(C)ccc1C2NC(=O)c1cnc(C(F)(F)F)[nH]c1=O. The highest BCUT2D eigenvalue weighted by Crippen LogP contribution is 2.43. The zero-order valence-corrected chi connectivity index (χ0v) is 15.9. The van der Waals surface area contributed by atoms with E-state index in [-0.39, 0.29) is 0 Å². The summed E-state index contributed by atoms with van der Waals surface area (Å²) in [7, 11) is 0. The number of aryl methyl sites for hydroxylation is 2. The normalized spacial score (nSPS) is 13.2. The van der Waals surface area contributed by atoms with E-state index in [1.54, 1.807) is 17.1 Å². The molecule has 0 bridgehead atoms. The molecule has 0 unspecified atom stereocenters. The predicted octanol–water partition coefficient (Wildman–Crippen LogP) is 4.03. The molecule has 1 aliphatic rings. The molecule has 0 radical (unpaired) electrons. The van der Waals surface area contributed by atoms with Crippen LogP contribution in [0.25, 0.3) is 0 Å². The molecular weight excluding hydrogens is 399 g/mol. The van der Waals surface area contributed by atoms with Gasteiger partial charge in [-0.3, -0.25) is 9.59 Å². The van der Waals surface area contributed by atoms with E-state index in [9.17, 15) is 22.8 Å². The molecular formula is C21H16F3N3O3. The third-order valence-corrected chi connectivity index (χ3v) is 4.77. The Morgan fingerprint density at radius 3 is 2.13 bits per heavy atom. The topological polar surface area (TPSA) is 84.1 Å². The smallest absolute Gasteiger partial charge is 0.449 e. The van der Waals surface area contributed by atoms with Gasteiger partial charge in [-0.15, -0.1) is 0 Å². The van der Waals surface area contributed by atoms with E-state index in [1.807, 2.05) is 38.1 Å². The molecule has 3 aromatic rings. The molecule has 0 saturated heterocycles. The van der Waals surface area contributed by atoms with Crippen LogP contribution in [0.1, 0.15) is 44.5 Å². The Kier molecular flexibility index (Phi) is 4.60. The fraction of sp³-hybridized carbons (Fsp3) is 0.190. The number of aromatic amines is 1. The Balaban J connectivity index is 1.73. The first kappa shape index (κ1) is 19.7. The number of ether oxygens (including phenoxy) is 1. The quantitative estimate of drug-likeness (QED) is 0.662. The van der Waals surface area contributed by atoms with E-state index < -0.39 is 35.1 Å². The van der Waals surface area contributed by atoms with Gasteiger partial charge in [-0.2, -0.15) is 13.2 Å². The highest BCUT2D eigenvalue weighted by atomic mass is 19.4. The van der Waals surface area contributed by atoms with Crippen LogP contribution >= 0.6 is 0 Å². The maximum Gasteiger partial charge on any atom is 0.449 e. The highest BCUT2D eigenvalue weighted by Gasteiger charge is 2.35. The molecule has 0 spiro atoms. The number of benzene rings is 2. The van der Waals surface area contributed by atoms with Crippen LogP contribution in [0, 0.1) is 13.8 Å². The van der Waals surface area contributed by atoms with Crippen molar-refractivity contribution in [2.24, 2.45) is 0 Å². The maximum atomic E-state index is 12.8. The van der Waals surface area contributed by atoms with Crippen LogP contribution in [0.2, 0.25) is 0 Å². The van der Waals surface area contributed by atoms with Crippen molar-refractivity contribution >= 4 is 5.91 Å². The van der Waals surface area contributed by atoms with E-state index in [0.29, 0.717) is 28.8 Å². The summed E-state index contributed by atoms with van der Waals surface area (Å²) in [6, 6.07) is 10.3. The van der Waals surface area contributed by atoms with Crippen LogP contribution in [0.3, 0.4) is 0 Å². The lowest BCUT2D eigenvalue weighted by molar-refractivity contribution is -0.145. The van der Waals surface area contributed by atoms with Crippen molar-refractivity contribution in [2.75, 3.05) is 0 Å². The van der Waals surface area contributed by atoms with Gasteiger partial charge in [-0.1, -0.05) is 24.3 Å².